The van der Waals surface area contributed by atoms with Crippen LogP contribution in [0.15, 0.2) is 34.9 Å². The molecule has 0 unspecified atom stereocenters. The van der Waals surface area contributed by atoms with Gasteiger partial charge in [0.2, 0.25) is 5.91 Å². The highest BCUT2D eigenvalue weighted by Crippen LogP contribution is 2.27. The molecule has 0 aliphatic heterocycles. The number of nitrogens with zero attached hydrogens (tertiary/aromatic N) is 5. The molecule has 0 saturated carbocycles. The summed E-state index contributed by atoms with van der Waals surface area (Å²) in [5, 5.41) is 21.6. The van der Waals surface area contributed by atoms with Crippen LogP contribution >= 0.6 is 27.5 Å². The lowest BCUT2D eigenvalue weighted by molar-refractivity contribution is -0.390. The fourth-order valence-electron chi connectivity index (χ4n) is 2.47. The van der Waals surface area contributed by atoms with E-state index in [2.05, 4.69) is 31.4 Å². The molecule has 12 heteroatoms. The van der Waals surface area contributed by atoms with Crippen molar-refractivity contribution in [3.63, 3.8) is 0 Å². The molecule has 0 radical (unpaired) electrons. The average molecular weight is 472 g/mol. The number of carbonyl (C=O) groups excluding carboxylic acids is 1. The zero-order chi connectivity index (χ0) is 20.4. The third-order valence-electron chi connectivity index (χ3n) is 3.79. The molecule has 9 nitrogen and oxygen atoms in total. The number of carbonyl (C=O) groups is 1. The standard InChI is InChI=1S/C16H13BrClFN6O3/c1-9-14(17)16(25(27)28)22-24(9)8-13(26)20-15-12(18)7-23(21-15)6-10-3-2-4-11(19)5-10/h2-5,7H,6,8H2,1H3,(H,20,21,26). The van der Waals surface area contributed by atoms with Crippen LogP contribution < -0.4 is 5.32 Å². The predicted molar refractivity (Wildman–Crippen MR) is 103 cm³/mol. The van der Waals surface area contributed by atoms with Crippen LogP contribution in [0.4, 0.5) is 16.0 Å². The summed E-state index contributed by atoms with van der Waals surface area (Å²) in [5.41, 5.74) is 1.12. The Balaban J connectivity index is 1.70. The molecule has 0 spiro atoms. The molecule has 146 valence electrons. The molecule has 0 atom stereocenters. The van der Waals surface area contributed by atoms with E-state index in [1.165, 1.54) is 27.7 Å². The molecule has 3 aromatic rings. The van der Waals surface area contributed by atoms with Gasteiger partial charge in [-0.05, 0) is 45.5 Å². The van der Waals surface area contributed by atoms with Crippen molar-refractivity contribution < 1.29 is 14.1 Å². The van der Waals surface area contributed by atoms with Crippen LogP contribution in [-0.2, 0) is 17.9 Å². The zero-order valence-corrected chi connectivity index (χ0v) is 16.7. The van der Waals surface area contributed by atoms with E-state index < -0.39 is 10.8 Å². The average Bonchev–Trinajstić information content (AvgIpc) is 3.09. The number of rotatable bonds is 6. The first-order valence-electron chi connectivity index (χ1n) is 7.89. The first kappa shape index (κ1) is 20.0. The summed E-state index contributed by atoms with van der Waals surface area (Å²) in [5.74, 6) is -1.12. The van der Waals surface area contributed by atoms with E-state index in [9.17, 15) is 19.3 Å². The van der Waals surface area contributed by atoms with Crippen molar-refractivity contribution in [2.45, 2.75) is 20.0 Å². The van der Waals surface area contributed by atoms with Gasteiger partial charge in [-0.3, -0.25) is 9.48 Å². The van der Waals surface area contributed by atoms with Gasteiger partial charge < -0.3 is 15.4 Å². The molecule has 1 N–H and O–H groups in total. The molecule has 0 aliphatic carbocycles. The van der Waals surface area contributed by atoms with Crippen molar-refractivity contribution in [1.82, 2.24) is 19.6 Å². The van der Waals surface area contributed by atoms with E-state index in [-0.39, 0.29) is 40.0 Å². The van der Waals surface area contributed by atoms with Gasteiger partial charge in [0.05, 0.1) is 17.3 Å². The van der Waals surface area contributed by atoms with Crippen LogP contribution in [0.3, 0.4) is 0 Å². The van der Waals surface area contributed by atoms with Crippen molar-refractivity contribution in [2.75, 3.05) is 5.32 Å². The molecule has 2 aromatic heterocycles. The number of halogens is 3. The van der Waals surface area contributed by atoms with Crippen LogP contribution in [0.25, 0.3) is 0 Å². The van der Waals surface area contributed by atoms with Crippen LogP contribution in [0, 0.1) is 22.9 Å². The van der Waals surface area contributed by atoms with Crippen molar-refractivity contribution in [1.29, 1.82) is 0 Å². The summed E-state index contributed by atoms with van der Waals surface area (Å²) in [6.07, 6.45) is 1.50. The number of benzene rings is 1. The number of nitro groups is 1. The molecular weight excluding hydrogens is 459 g/mol. The van der Waals surface area contributed by atoms with E-state index in [4.69, 9.17) is 11.6 Å². The Morgan fingerprint density at radius 2 is 2.18 bits per heavy atom. The summed E-state index contributed by atoms with van der Waals surface area (Å²) in [4.78, 5) is 22.6. The van der Waals surface area contributed by atoms with Gasteiger partial charge in [0.25, 0.3) is 0 Å². The highest BCUT2D eigenvalue weighted by molar-refractivity contribution is 9.10. The summed E-state index contributed by atoms with van der Waals surface area (Å²) in [6, 6.07) is 6.04. The lowest BCUT2D eigenvalue weighted by Gasteiger charge is -2.03. The van der Waals surface area contributed by atoms with Crippen LogP contribution in [-0.4, -0.2) is 30.4 Å². The fourth-order valence-corrected chi connectivity index (χ4v) is 3.10. The molecule has 0 fully saturated rings. The topological polar surface area (TPSA) is 108 Å². The Labute approximate surface area is 171 Å². The maximum absolute atomic E-state index is 13.3. The third kappa shape index (κ3) is 4.37. The van der Waals surface area contributed by atoms with Gasteiger partial charge in [0.15, 0.2) is 5.82 Å². The fraction of sp³-hybridized carbons (Fsp3) is 0.188. The van der Waals surface area contributed by atoms with Crippen LogP contribution in [0.5, 0.6) is 0 Å². The van der Waals surface area contributed by atoms with E-state index in [0.717, 1.165) is 0 Å². The second-order valence-corrected chi connectivity index (χ2v) is 7.04. The summed E-state index contributed by atoms with van der Waals surface area (Å²) < 4.78 is 16.2. The Hall–Kier alpha value is -2.79. The highest BCUT2D eigenvalue weighted by Gasteiger charge is 2.25. The zero-order valence-electron chi connectivity index (χ0n) is 14.4. The van der Waals surface area contributed by atoms with Gasteiger partial charge in [0, 0.05) is 6.20 Å². The quantitative estimate of drug-likeness (QED) is 0.437. The van der Waals surface area contributed by atoms with E-state index in [0.29, 0.717) is 11.3 Å². The lowest BCUT2D eigenvalue weighted by atomic mass is 10.2. The number of amides is 1. The number of aromatic nitrogens is 4. The Kier molecular flexibility index (Phi) is 5.75. The Bertz CT molecular complexity index is 1070. The number of anilines is 1. The van der Waals surface area contributed by atoms with Crippen molar-refractivity contribution in [2.24, 2.45) is 0 Å². The van der Waals surface area contributed by atoms with Gasteiger partial charge in [0.1, 0.15) is 21.9 Å². The second kappa shape index (κ2) is 8.07. The summed E-state index contributed by atoms with van der Waals surface area (Å²) in [6.45, 7) is 1.61. The second-order valence-electron chi connectivity index (χ2n) is 5.84. The van der Waals surface area contributed by atoms with Crippen molar-refractivity contribution >= 4 is 45.1 Å². The highest BCUT2D eigenvalue weighted by atomic mass is 79.9. The molecular formula is C16H13BrClFN6O3. The normalized spacial score (nSPS) is 10.9. The van der Waals surface area contributed by atoms with Crippen molar-refractivity contribution in [3.8, 4) is 0 Å². The van der Waals surface area contributed by atoms with Crippen molar-refractivity contribution in [3.05, 3.63) is 67.1 Å². The van der Waals surface area contributed by atoms with E-state index in [1.807, 2.05) is 0 Å². The van der Waals surface area contributed by atoms with E-state index in [1.54, 1.807) is 19.1 Å². The summed E-state index contributed by atoms with van der Waals surface area (Å²) >= 11 is 9.19. The number of hydrogen-bond donors (Lipinski definition) is 1. The molecule has 0 bridgehead atoms. The number of hydrogen-bond acceptors (Lipinski definition) is 5. The first-order chi connectivity index (χ1) is 13.2. The minimum Gasteiger partial charge on any atom is -0.358 e. The smallest absolute Gasteiger partial charge is 0.358 e. The minimum absolute atomic E-state index is 0.126. The monoisotopic (exact) mass is 470 g/mol. The third-order valence-corrected chi connectivity index (χ3v) is 5.00. The van der Waals surface area contributed by atoms with Gasteiger partial charge in [-0.25, -0.2) is 4.39 Å². The SMILES string of the molecule is Cc1c(Br)c([N+](=O)[O-])nn1CC(=O)Nc1nn(Cc2cccc(F)c2)cc1Cl. The maximum Gasteiger partial charge on any atom is 0.404 e. The number of nitrogens with one attached hydrogen (secondary N) is 1. The van der Waals surface area contributed by atoms with Gasteiger partial charge in [-0.1, -0.05) is 23.7 Å². The predicted octanol–water partition coefficient (Wildman–Crippen LogP) is 3.54. The Morgan fingerprint density at radius 1 is 1.43 bits per heavy atom. The molecule has 28 heavy (non-hydrogen) atoms. The van der Waals surface area contributed by atoms with E-state index >= 15 is 0 Å². The van der Waals surface area contributed by atoms with Gasteiger partial charge in [-0.2, -0.15) is 9.78 Å². The first-order valence-corrected chi connectivity index (χ1v) is 9.06. The summed E-state index contributed by atoms with van der Waals surface area (Å²) in [7, 11) is 0. The molecule has 2 heterocycles. The molecule has 1 aromatic carbocycles. The van der Waals surface area contributed by atoms with Crippen LogP contribution in [0.2, 0.25) is 5.02 Å². The molecule has 0 saturated heterocycles. The van der Waals surface area contributed by atoms with Crippen LogP contribution in [0.1, 0.15) is 11.3 Å². The van der Waals surface area contributed by atoms with Gasteiger partial charge in [-0.15, -0.1) is 0 Å². The maximum atomic E-state index is 13.3. The molecule has 1 amide bonds. The lowest BCUT2D eigenvalue weighted by Crippen LogP contribution is -2.21. The minimum atomic E-state index is -0.642. The van der Waals surface area contributed by atoms with Gasteiger partial charge >= 0.3 is 5.82 Å². The largest absolute Gasteiger partial charge is 0.404 e. The molecule has 3 rings (SSSR count). The molecule has 0 aliphatic rings. The Morgan fingerprint density at radius 3 is 2.82 bits per heavy atom.